The Morgan fingerprint density at radius 1 is 1.67 bits per heavy atom. The van der Waals surface area contributed by atoms with Gasteiger partial charge in [-0.15, -0.1) is 0 Å². The third-order valence-electron chi connectivity index (χ3n) is 2.31. The number of carboxylic acids is 1. The number of aliphatic imine (C=N–C) groups is 1. The molecule has 0 unspecified atom stereocenters. The molecule has 2 aliphatic rings. The van der Waals surface area contributed by atoms with Gasteiger partial charge in [-0.25, -0.2) is 0 Å². The number of rotatable bonds is 2. The number of carbonyl (C=O) groups is 2. The van der Waals surface area contributed by atoms with Gasteiger partial charge in [-0.05, 0) is 0 Å². The van der Waals surface area contributed by atoms with E-state index in [2.05, 4.69) is 10.3 Å². The first-order valence-electron chi connectivity index (χ1n) is 5.26. The Kier molecular flexibility index (Phi) is 4.46. The van der Waals surface area contributed by atoms with Crippen molar-refractivity contribution in [2.24, 2.45) is 10.7 Å². The molecule has 0 aromatic heterocycles. The SMILES string of the molecule is CN1CC(=O)NC1=N.NC1=NCCN1CC(=O)O. The number of nitrogens with zero attached hydrogens (tertiary/aromatic N) is 3. The summed E-state index contributed by atoms with van der Waals surface area (Å²) in [4.78, 5) is 27.4. The van der Waals surface area contributed by atoms with Crippen LogP contribution in [-0.2, 0) is 9.59 Å². The number of amides is 1. The summed E-state index contributed by atoms with van der Waals surface area (Å²) in [7, 11) is 1.69. The van der Waals surface area contributed by atoms with E-state index in [1.165, 1.54) is 4.90 Å². The van der Waals surface area contributed by atoms with Gasteiger partial charge in [-0.1, -0.05) is 0 Å². The summed E-state index contributed by atoms with van der Waals surface area (Å²) in [5.41, 5.74) is 5.34. The van der Waals surface area contributed by atoms with Crippen molar-refractivity contribution < 1.29 is 14.7 Å². The molecule has 5 N–H and O–H groups in total. The van der Waals surface area contributed by atoms with Gasteiger partial charge >= 0.3 is 5.97 Å². The van der Waals surface area contributed by atoms with Crippen LogP contribution in [0.2, 0.25) is 0 Å². The quantitative estimate of drug-likeness (QED) is 0.438. The van der Waals surface area contributed by atoms with Crippen molar-refractivity contribution in [3.8, 4) is 0 Å². The van der Waals surface area contributed by atoms with E-state index in [9.17, 15) is 9.59 Å². The highest BCUT2D eigenvalue weighted by molar-refractivity contribution is 6.02. The fourth-order valence-corrected chi connectivity index (χ4v) is 1.38. The van der Waals surface area contributed by atoms with Crippen LogP contribution in [0.1, 0.15) is 0 Å². The number of nitrogens with one attached hydrogen (secondary N) is 2. The van der Waals surface area contributed by atoms with Gasteiger partial charge in [0.15, 0.2) is 11.9 Å². The van der Waals surface area contributed by atoms with Crippen molar-refractivity contribution >= 4 is 23.8 Å². The Morgan fingerprint density at radius 2 is 2.33 bits per heavy atom. The molecule has 0 bridgehead atoms. The minimum absolute atomic E-state index is 0.0463. The zero-order chi connectivity index (χ0) is 13.7. The van der Waals surface area contributed by atoms with Crippen LogP contribution in [0.15, 0.2) is 4.99 Å². The summed E-state index contributed by atoms with van der Waals surface area (Å²) in [6, 6.07) is 0. The molecule has 2 heterocycles. The molecular formula is C9H16N6O3. The van der Waals surface area contributed by atoms with E-state index in [-0.39, 0.29) is 18.4 Å². The number of likely N-dealkylation sites (N-methyl/N-ethyl adjacent to an activating group) is 1. The van der Waals surface area contributed by atoms with E-state index < -0.39 is 5.97 Å². The van der Waals surface area contributed by atoms with Gasteiger partial charge in [0.05, 0.1) is 13.1 Å². The van der Waals surface area contributed by atoms with Gasteiger partial charge in [0.1, 0.15) is 6.54 Å². The Labute approximate surface area is 104 Å². The fraction of sp³-hybridized carbons (Fsp3) is 0.556. The standard InChI is InChI=1S/C5H9N3O2.C4H7N3O/c6-5-7-1-2-8(5)3-4(9)10;1-7-2-3(8)6-4(7)5/h1-3H2,(H2,6,7)(H,9,10);2H2,1H3,(H2,5,6,8). The van der Waals surface area contributed by atoms with Crippen molar-refractivity contribution in [3.63, 3.8) is 0 Å². The van der Waals surface area contributed by atoms with Crippen molar-refractivity contribution in [2.75, 3.05) is 33.2 Å². The molecule has 0 aromatic rings. The second-order valence-electron chi connectivity index (χ2n) is 3.81. The number of hydrogen-bond donors (Lipinski definition) is 4. The molecule has 9 nitrogen and oxygen atoms in total. The van der Waals surface area contributed by atoms with Gasteiger partial charge in [0.2, 0.25) is 5.91 Å². The van der Waals surface area contributed by atoms with E-state index in [4.69, 9.17) is 16.2 Å². The van der Waals surface area contributed by atoms with E-state index in [0.717, 1.165) is 0 Å². The van der Waals surface area contributed by atoms with Crippen LogP contribution in [0.3, 0.4) is 0 Å². The topological polar surface area (TPSA) is 135 Å². The third-order valence-corrected chi connectivity index (χ3v) is 2.31. The van der Waals surface area contributed by atoms with Gasteiger partial charge < -0.3 is 20.6 Å². The monoisotopic (exact) mass is 256 g/mol. The third kappa shape index (κ3) is 3.92. The van der Waals surface area contributed by atoms with Crippen LogP contribution in [0.25, 0.3) is 0 Å². The molecule has 1 saturated heterocycles. The van der Waals surface area contributed by atoms with Crippen LogP contribution in [0, 0.1) is 5.41 Å². The lowest BCUT2D eigenvalue weighted by molar-refractivity contribution is -0.137. The fourth-order valence-electron chi connectivity index (χ4n) is 1.38. The summed E-state index contributed by atoms with van der Waals surface area (Å²) in [5.74, 6) is -0.449. The molecule has 100 valence electrons. The van der Waals surface area contributed by atoms with Crippen LogP contribution in [0.4, 0.5) is 0 Å². The highest BCUT2D eigenvalue weighted by atomic mass is 16.4. The highest BCUT2D eigenvalue weighted by Gasteiger charge is 2.18. The summed E-state index contributed by atoms with van der Waals surface area (Å²) in [6.45, 7) is 1.51. The average Bonchev–Trinajstić information content (AvgIpc) is 2.75. The molecule has 0 radical (unpaired) electrons. The van der Waals surface area contributed by atoms with Crippen molar-refractivity contribution in [3.05, 3.63) is 0 Å². The van der Waals surface area contributed by atoms with Crippen molar-refractivity contribution in [1.82, 2.24) is 15.1 Å². The summed E-state index contributed by atoms with van der Waals surface area (Å²) < 4.78 is 0. The van der Waals surface area contributed by atoms with Gasteiger partial charge in [0.25, 0.3) is 0 Å². The molecule has 0 atom stereocenters. The predicted octanol–water partition coefficient (Wildman–Crippen LogP) is -2.32. The van der Waals surface area contributed by atoms with Crippen LogP contribution in [-0.4, -0.2) is 71.9 Å². The van der Waals surface area contributed by atoms with E-state index >= 15 is 0 Å². The van der Waals surface area contributed by atoms with Crippen LogP contribution >= 0.6 is 0 Å². The number of carbonyl (C=O) groups excluding carboxylic acids is 1. The number of carboxylic acid groups (broad SMARTS) is 1. The first-order chi connectivity index (χ1) is 8.40. The molecule has 2 rings (SSSR count). The molecule has 0 saturated carbocycles. The lowest BCUT2D eigenvalue weighted by Crippen LogP contribution is -2.37. The van der Waals surface area contributed by atoms with Crippen LogP contribution < -0.4 is 11.1 Å². The largest absolute Gasteiger partial charge is 0.480 e. The molecule has 0 aliphatic carbocycles. The number of hydrogen-bond acceptors (Lipinski definition) is 6. The van der Waals surface area contributed by atoms with Gasteiger partial charge in [-0.3, -0.25) is 25.3 Å². The molecule has 18 heavy (non-hydrogen) atoms. The van der Waals surface area contributed by atoms with E-state index in [1.807, 2.05) is 0 Å². The molecule has 0 aromatic carbocycles. The van der Waals surface area contributed by atoms with Gasteiger partial charge in [0, 0.05) is 13.6 Å². The molecule has 2 aliphatic heterocycles. The maximum Gasteiger partial charge on any atom is 0.323 e. The Balaban J connectivity index is 0.000000184. The predicted molar refractivity (Wildman–Crippen MR) is 64.2 cm³/mol. The lowest BCUT2D eigenvalue weighted by atomic mass is 10.5. The van der Waals surface area contributed by atoms with E-state index in [1.54, 1.807) is 11.9 Å². The maximum atomic E-state index is 10.4. The minimum Gasteiger partial charge on any atom is -0.480 e. The van der Waals surface area contributed by atoms with Crippen LogP contribution in [0.5, 0.6) is 0 Å². The second kappa shape index (κ2) is 5.84. The van der Waals surface area contributed by atoms with Crippen molar-refractivity contribution in [2.45, 2.75) is 0 Å². The normalized spacial score (nSPS) is 18.2. The van der Waals surface area contributed by atoms with Crippen molar-refractivity contribution in [1.29, 1.82) is 5.41 Å². The maximum absolute atomic E-state index is 10.4. The Morgan fingerprint density at radius 3 is 2.61 bits per heavy atom. The first kappa shape index (κ1) is 13.7. The first-order valence-corrected chi connectivity index (χ1v) is 5.26. The summed E-state index contributed by atoms with van der Waals surface area (Å²) in [6.07, 6.45) is 0. The average molecular weight is 256 g/mol. The summed E-state index contributed by atoms with van der Waals surface area (Å²) in [5, 5.41) is 17.7. The molecule has 1 amide bonds. The summed E-state index contributed by atoms with van der Waals surface area (Å²) >= 11 is 0. The lowest BCUT2D eigenvalue weighted by Gasteiger charge is -2.13. The zero-order valence-electron chi connectivity index (χ0n) is 10.0. The number of aliphatic carboxylic acids is 1. The molecule has 9 heteroatoms. The van der Waals surface area contributed by atoms with Gasteiger partial charge in [-0.2, -0.15) is 0 Å². The number of nitrogens with two attached hydrogens (primary N) is 1. The molecule has 0 spiro atoms. The van der Waals surface area contributed by atoms with E-state index in [0.29, 0.717) is 25.6 Å². The minimum atomic E-state index is -0.875. The number of guanidine groups is 2. The highest BCUT2D eigenvalue weighted by Crippen LogP contribution is 1.95. The Bertz CT molecular complexity index is 394. The Hall–Kier alpha value is -2.32. The zero-order valence-corrected chi connectivity index (χ0v) is 10.0. The smallest absolute Gasteiger partial charge is 0.323 e. The molecular weight excluding hydrogens is 240 g/mol. The molecule has 1 fully saturated rings. The second-order valence-corrected chi connectivity index (χ2v) is 3.81.